The van der Waals surface area contributed by atoms with Gasteiger partial charge in [0, 0.05) is 40.7 Å². The number of rotatable bonds is 8. The highest BCUT2D eigenvalue weighted by molar-refractivity contribution is 6.08. The molecule has 0 saturated heterocycles. The molecular weight excluding hydrogens is 438 g/mol. The number of nitrogens with one attached hydrogen (secondary N) is 2. The average molecular weight is 464 g/mol. The van der Waals surface area contributed by atoms with Crippen LogP contribution in [0.15, 0.2) is 85.1 Å². The van der Waals surface area contributed by atoms with Crippen LogP contribution in [0.4, 0.5) is 11.5 Å². The Morgan fingerprint density at radius 1 is 1.06 bits per heavy atom. The van der Waals surface area contributed by atoms with Gasteiger partial charge in [-0.3, -0.25) is 0 Å². The molecule has 174 valence electrons. The van der Waals surface area contributed by atoms with Crippen LogP contribution in [0.3, 0.4) is 0 Å². The van der Waals surface area contributed by atoms with Crippen LogP contribution in [0, 0.1) is 5.41 Å². The minimum Gasteiger partial charge on any atom is -0.463 e. The number of hydrogen-bond donors (Lipinski definition) is 3. The first-order valence-electron chi connectivity index (χ1n) is 11.1. The lowest BCUT2D eigenvalue weighted by Crippen LogP contribution is -2.00. The van der Waals surface area contributed by atoms with Crippen LogP contribution in [0.2, 0.25) is 0 Å². The summed E-state index contributed by atoms with van der Waals surface area (Å²) in [5.41, 5.74) is 10.4. The molecule has 0 amide bonds. The van der Waals surface area contributed by atoms with Gasteiger partial charge in [0.2, 0.25) is 0 Å². The Labute approximate surface area is 203 Å². The van der Waals surface area contributed by atoms with Gasteiger partial charge in [-0.15, -0.1) is 0 Å². The van der Waals surface area contributed by atoms with Crippen LogP contribution < -0.4 is 11.1 Å². The molecule has 0 unspecified atom stereocenters. The van der Waals surface area contributed by atoms with Gasteiger partial charge < -0.3 is 21.2 Å². The Balaban J connectivity index is 1.69. The quantitative estimate of drug-likeness (QED) is 0.179. The number of allylic oxidation sites excluding steroid dienone is 1. The molecule has 0 radical (unpaired) electrons. The van der Waals surface area contributed by atoms with E-state index in [1.807, 2.05) is 72.8 Å². The van der Waals surface area contributed by atoms with Crippen molar-refractivity contribution in [2.75, 3.05) is 11.9 Å². The average Bonchev–Trinajstić information content (AvgIpc) is 2.89. The Bertz CT molecular complexity index is 1430. The highest BCUT2D eigenvalue weighted by Gasteiger charge is 2.10. The lowest BCUT2D eigenvalue weighted by atomic mass is 10.1. The molecule has 1 aromatic heterocycles. The Kier molecular flexibility index (Phi) is 7.28. The molecule has 0 fully saturated rings. The summed E-state index contributed by atoms with van der Waals surface area (Å²) in [5.74, 6) is 0.853. The zero-order valence-electron chi connectivity index (χ0n) is 19.2. The van der Waals surface area contributed by atoms with E-state index in [1.54, 1.807) is 13.0 Å². The maximum Gasteiger partial charge on any atom is 0.330 e. The van der Waals surface area contributed by atoms with Crippen LogP contribution in [-0.2, 0) is 9.53 Å². The molecule has 1 heterocycles. The summed E-state index contributed by atoms with van der Waals surface area (Å²) in [5, 5.41) is 11.8. The molecule has 0 saturated carbocycles. The van der Waals surface area contributed by atoms with Crippen LogP contribution >= 0.6 is 0 Å². The molecule has 0 bridgehead atoms. The van der Waals surface area contributed by atoms with E-state index in [4.69, 9.17) is 25.8 Å². The van der Waals surface area contributed by atoms with E-state index in [2.05, 4.69) is 5.32 Å². The molecule has 35 heavy (non-hydrogen) atoms. The Hall–Kier alpha value is -4.78. The zero-order chi connectivity index (χ0) is 24.6. The topological polar surface area (TPSA) is 114 Å². The predicted octanol–water partition coefficient (Wildman–Crippen LogP) is 5.57. The number of para-hydroxylation sites is 1. The van der Waals surface area contributed by atoms with Crippen molar-refractivity contribution in [2.24, 2.45) is 5.73 Å². The summed E-state index contributed by atoms with van der Waals surface area (Å²) >= 11 is 0. The lowest BCUT2D eigenvalue weighted by molar-refractivity contribution is -0.137. The summed E-state index contributed by atoms with van der Waals surface area (Å²) in [6, 6.07) is 23.1. The minimum absolute atomic E-state index is 0.334. The molecule has 0 spiro atoms. The second-order valence-electron chi connectivity index (χ2n) is 7.59. The highest BCUT2D eigenvalue weighted by Crippen LogP contribution is 2.28. The van der Waals surface area contributed by atoms with Gasteiger partial charge in [0.05, 0.1) is 12.1 Å². The number of hydrogen-bond acceptors (Lipinski definition) is 7. The van der Waals surface area contributed by atoms with Crippen LogP contribution in [0.5, 0.6) is 0 Å². The van der Waals surface area contributed by atoms with Crippen molar-refractivity contribution in [2.45, 2.75) is 6.92 Å². The van der Waals surface area contributed by atoms with Gasteiger partial charge in [-0.05, 0) is 54.5 Å². The van der Waals surface area contributed by atoms with Gasteiger partial charge in [0.1, 0.15) is 5.82 Å². The molecule has 3 aromatic carbocycles. The number of fused-ring (bicyclic) bond motifs is 1. The van der Waals surface area contributed by atoms with Gasteiger partial charge in [-0.25, -0.2) is 14.8 Å². The van der Waals surface area contributed by atoms with E-state index in [-0.39, 0.29) is 5.97 Å². The smallest absolute Gasteiger partial charge is 0.330 e. The number of benzene rings is 3. The standard InChI is InChI=1S/C28H25N5O2/c1-2-35-26(34)15-10-19-6-5-7-21(16-19)27-32-25-9-4-3-8-24(25)28(33-27)31-23-13-11-20(12-14-23)22(17-29)18-30/h3-18,29H,2,30H2,1H3,(H,31,32,33)/b15-10+,22-18+,29-17?. The molecule has 4 N–H and O–H groups in total. The van der Waals surface area contributed by atoms with E-state index in [0.717, 1.165) is 33.3 Å². The van der Waals surface area contributed by atoms with Gasteiger partial charge in [0.15, 0.2) is 5.82 Å². The Morgan fingerprint density at radius 3 is 2.60 bits per heavy atom. The third-order valence-electron chi connectivity index (χ3n) is 5.26. The van der Waals surface area contributed by atoms with E-state index >= 15 is 0 Å². The van der Waals surface area contributed by atoms with Crippen molar-refractivity contribution in [1.29, 1.82) is 5.41 Å². The van der Waals surface area contributed by atoms with Gasteiger partial charge in [-0.2, -0.15) is 0 Å². The van der Waals surface area contributed by atoms with E-state index < -0.39 is 0 Å². The van der Waals surface area contributed by atoms with E-state index in [9.17, 15) is 4.79 Å². The highest BCUT2D eigenvalue weighted by atomic mass is 16.5. The maximum atomic E-state index is 11.7. The van der Waals surface area contributed by atoms with Crippen molar-refractivity contribution in [1.82, 2.24) is 9.97 Å². The first kappa shape index (κ1) is 23.4. The number of nitrogens with two attached hydrogens (primary N) is 1. The summed E-state index contributed by atoms with van der Waals surface area (Å²) in [7, 11) is 0. The normalized spacial score (nSPS) is 11.5. The molecular formula is C28H25N5O2. The van der Waals surface area contributed by atoms with E-state index in [1.165, 1.54) is 18.5 Å². The van der Waals surface area contributed by atoms with E-state index in [0.29, 0.717) is 23.8 Å². The fourth-order valence-electron chi connectivity index (χ4n) is 3.55. The fourth-order valence-corrected chi connectivity index (χ4v) is 3.55. The van der Waals surface area contributed by atoms with Crippen molar-refractivity contribution in [3.8, 4) is 11.4 Å². The maximum absolute atomic E-state index is 11.7. The molecule has 0 atom stereocenters. The van der Waals surface area contributed by atoms with Crippen molar-refractivity contribution >= 4 is 46.2 Å². The first-order valence-corrected chi connectivity index (χ1v) is 11.1. The molecule has 0 aliphatic rings. The van der Waals surface area contributed by atoms with Crippen molar-refractivity contribution < 1.29 is 9.53 Å². The number of esters is 1. The van der Waals surface area contributed by atoms with Gasteiger partial charge in [-0.1, -0.05) is 42.5 Å². The summed E-state index contributed by atoms with van der Waals surface area (Å²) in [4.78, 5) is 21.2. The number of aromatic nitrogens is 2. The minimum atomic E-state index is -0.382. The molecule has 4 rings (SSSR count). The van der Waals surface area contributed by atoms with Crippen molar-refractivity contribution in [3.05, 3.63) is 96.2 Å². The number of ether oxygens (including phenoxy) is 1. The molecule has 7 heteroatoms. The monoisotopic (exact) mass is 463 g/mol. The molecule has 0 aliphatic carbocycles. The first-order chi connectivity index (χ1) is 17.1. The van der Waals surface area contributed by atoms with Crippen LogP contribution in [0.25, 0.3) is 33.9 Å². The number of nitrogens with zero attached hydrogens (tertiary/aromatic N) is 2. The number of anilines is 2. The second kappa shape index (κ2) is 10.9. The molecule has 0 aliphatic heterocycles. The summed E-state index contributed by atoms with van der Waals surface area (Å²) in [6.45, 7) is 2.11. The number of carbonyl (C=O) groups is 1. The second-order valence-corrected chi connectivity index (χ2v) is 7.59. The third kappa shape index (κ3) is 5.59. The number of carbonyl (C=O) groups excluding carboxylic acids is 1. The predicted molar refractivity (Wildman–Crippen MR) is 141 cm³/mol. The van der Waals surface area contributed by atoms with Gasteiger partial charge >= 0.3 is 5.97 Å². The Morgan fingerprint density at radius 2 is 1.86 bits per heavy atom. The zero-order valence-corrected chi connectivity index (χ0v) is 19.2. The molecule has 4 aromatic rings. The fraction of sp³-hybridized carbons (Fsp3) is 0.0714. The molecule has 7 nitrogen and oxygen atoms in total. The lowest BCUT2D eigenvalue weighted by Gasteiger charge is -2.12. The third-order valence-corrected chi connectivity index (χ3v) is 5.26. The van der Waals surface area contributed by atoms with Crippen LogP contribution in [-0.4, -0.2) is 28.8 Å². The largest absolute Gasteiger partial charge is 0.463 e. The summed E-state index contributed by atoms with van der Waals surface area (Å²) < 4.78 is 4.95. The van der Waals surface area contributed by atoms with Crippen molar-refractivity contribution in [3.63, 3.8) is 0 Å². The van der Waals surface area contributed by atoms with Gasteiger partial charge in [0.25, 0.3) is 0 Å². The summed E-state index contributed by atoms with van der Waals surface area (Å²) in [6.07, 6.45) is 5.75. The SMILES string of the molecule is CCOC(=O)/C=C/c1cccc(-c2nc(Nc3ccc(/C(C=N)=C/N)cc3)c3ccccc3n2)c1. The van der Waals surface area contributed by atoms with Crippen LogP contribution in [0.1, 0.15) is 18.1 Å².